The van der Waals surface area contributed by atoms with Gasteiger partial charge in [0.25, 0.3) is 0 Å². The topological polar surface area (TPSA) is 102 Å². The average Bonchev–Trinajstić information content (AvgIpc) is 2.82. The van der Waals surface area contributed by atoms with Crippen molar-refractivity contribution in [2.24, 2.45) is 0 Å². The monoisotopic (exact) mass is 327 g/mol. The zero-order valence-electron chi connectivity index (χ0n) is 11.4. The first-order chi connectivity index (χ1) is 9.79. The second-order valence-electron chi connectivity index (χ2n) is 4.43. The van der Waals surface area contributed by atoms with Gasteiger partial charge in [-0.25, -0.2) is 8.42 Å². The maximum Gasteiger partial charge on any atom is 0.304 e. The summed E-state index contributed by atoms with van der Waals surface area (Å²) in [5, 5.41) is 14.1. The van der Waals surface area contributed by atoms with Crippen molar-refractivity contribution in [2.75, 3.05) is 11.6 Å². The summed E-state index contributed by atoms with van der Waals surface area (Å²) < 4.78 is 23.0. The number of aryl methyl sites for hydroxylation is 1. The Balaban J connectivity index is 2.29. The summed E-state index contributed by atoms with van der Waals surface area (Å²) >= 11 is 0.851. The van der Waals surface area contributed by atoms with E-state index in [1.807, 2.05) is 13.0 Å². The highest BCUT2D eigenvalue weighted by atomic mass is 32.2. The minimum atomic E-state index is -3.47. The van der Waals surface area contributed by atoms with Crippen LogP contribution in [0.5, 0.6) is 0 Å². The molecule has 2 rings (SSSR count). The first kappa shape index (κ1) is 15.4. The van der Waals surface area contributed by atoms with E-state index in [9.17, 15) is 18.5 Å². The molecule has 0 bridgehead atoms. The predicted molar refractivity (Wildman–Crippen MR) is 80.4 cm³/mol. The fourth-order valence-electron chi connectivity index (χ4n) is 1.67. The lowest BCUT2D eigenvalue weighted by molar-refractivity contribution is -0.383. The highest BCUT2D eigenvalue weighted by molar-refractivity contribution is 7.92. The molecule has 9 heteroatoms. The second-order valence-corrected chi connectivity index (χ2v) is 7.72. The molecular formula is C12H13N3O4S2. The third-order valence-corrected chi connectivity index (χ3v) is 5.67. The van der Waals surface area contributed by atoms with Crippen LogP contribution in [0.2, 0.25) is 0 Å². The second kappa shape index (κ2) is 5.78. The van der Waals surface area contributed by atoms with Crippen molar-refractivity contribution >= 4 is 31.9 Å². The highest BCUT2D eigenvalue weighted by Crippen LogP contribution is 2.37. The van der Waals surface area contributed by atoms with Gasteiger partial charge in [0.2, 0.25) is 0 Å². The number of rotatable bonds is 5. The molecule has 2 aromatic rings. The van der Waals surface area contributed by atoms with Crippen LogP contribution in [0.15, 0.2) is 28.6 Å². The van der Waals surface area contributed by atoms with E-state index in [-0.39, 0.29) is 21.4 Å². The molecule has 2 heterocycles. The molecule has 0 amide bonds. The molecule has 0 spiro atoms. The van der Waals surface area contributed by atoms with Crippen LogP contribution in [0.1, 0.15) is 11.3 Å². The van der Waals surface area contributed by atoms with Crippen LogP contribution in [-0.2, 0) is 16.4 Å². The van der Waals surface area contributed by atoms with Crippen molar-refractivity contribution in [2.45, 2.75) is 17.7 Å². The lowest BCUT2D eigenvalue weighted by Gasteiger charge is -2.05. The Morgan fingerprint density at radius 1 is 1.48 bits per heavy atom. The largest absolute Gasteiger partial charge is 0.366 e. The average molecular weight is 327 g/mol. The third kappa shape index (κ3) is 3.56. The normalized spacial score (nSPS) is 11.3. The smallest absolute Gasteiger partial charge is 0.304 e. The standard InChI is InChI=1S/C12H13N3O4S2/c1-8-4-3-5-13-9(8)7-14-12-10(15(16)17)6-11(20-12)21(2,18)19/h3-6,14H,7H2,1-2H3. The molecule has 0 unspecified atom stereocenters. The van der Waals surface area contributed by atoms with Crippen LogP contribution in [0.3, 0.4) is 0 Å². The Morgan fingerprint density at radius 2 is 2.19 bits per heavy atom. The number of hydrogen-bond acceptors (Lipinski definition) is 7. The number of nitrogens with one attached hydrogen (secondary N) is 1. The van der Waals surface area contributed by atoms with Crippen LogP contribution >= 0.6 is 11.3 Å². The Bertz CT molecular complexity index is 784. The van der Waals surface area contributed by atoms with E-state index < -0.39 is 14.8 Å². The van der Waals surface area contributed by atoms with Gasteiger partial charge >= 0.3 is 5.69 Å². The summed E-state index contributed by atoms with van der Waals surface area (Å²) in [6.07, 6.45) is 2.66. The predicted octanol–water partition coefficient (Wildman–Crippen LogP) is 2.38. The Hall–Kier alpha value is -2.00. The number of hydrogen-bond donors (Lipinski definition) is 1. The van der Waals surface area contributed by atoms with E-state index in [4.69, 9.17) is 0 Å². The van der Waals surface area contributed by atoms with Crippen LogP contribution < -0.4 is 5.32 Å². The van der Waals surface area contributed by atoms with Gasteiger partial charge in [-0.1, -0.05) is 17.4 Å². The number of sulfone groups is 1. The van der Waals surface area contributed by atoms with Gasteiger partial charge in [-0.2, -0.15) is 0 Å². The maximum atomic E-state index is 11.5. The molecular weight excluding hydrogens is 314 g/mol. The first-order valence-corrected chi connectivity index (χ1v) is 8.62. The molecule has 0 aromatic carbocycles. The summed E-state index contributed by atoms with van der Waals surface area (Å²) in [5.41, 5.74) is 1.46. The summed E-state index contributed by atoms with van der Waals surface area (Å²) in [6.45, 7) is 2.17. The molecule has 0 fully saturated rings. The zero-order chi connectivity index (χ0) is 15.6. The maximum absolute atomic E-state index is 11.5. The molecule has 0 radical (unpaired) electrons. The lowest BCUT2D eigenvalue weighted by Crippen LogP contribution is -2.03. The summed E-state index contributed by atoms with van der Waals surface area (Å²) in [5.74, 6) is 0. The molecule has 0 saturated carbocycles. The molecule has 0 aliphatic carbocycles. The van der Waals surface area contributed by atoms with Crippen molar-refractivity contribution in [1.29, 1.82) is 0 Å². The molecule has 112 valence electrons. The first-order valence-electron chi connectivity index (χ1n) is 5.91. The number of anilines is 1. The van der Waals surface area contributed by atoms with Crippen LogP contribution in [0.4, 0.5) is 10.7 Å². The molecule has 21 heavy (non-hydrogen) atoms. The van der Waals surface area contributed by atoms with E-state index in [0.717, 1.165) is 34.9 Å². The minimum Gasteiger partial charge on any atom is -0.366 e. The van der Waals surface area contributed by atoms with Crippen LogP contribution in [0.25, 0.3) is 0 Å². The van der Waals surface area contributed by atoms with E-state index >= 15 is 0 Å². The molecule has 0 atom stereocenters. The van der Waals surface area contributed by atoms with Crippen molar-refractivity contribution in [1.82, 2.24) is 4.98 Å². The molecule has 0 aliphatic heterocycles. The van der Waals surface area contributed by atoms with Crippen molar-refractivity contribution in [3.05, 3.63) is 45.8 Å². The van der Waals surface area contributed by atoms with Crippen molar-refractivity contribution < 1.29 is 13.3 Å². The number of nitrogens with zero attached hydrogens (tertiary/aromatic N) is 2. The number of aromatic nitrogens is 1. The van der Waals surface area contributed by atoms with E-state index in [0.29, 0.717) is 0 Å². The van der Waals surface area contributed by atoms with Gasteiger partial charge in [0.15, 0.2) is 14.8 Å². The molecule has 0 aliphatic rings. The number of pyridine rings is 1. The fraction of sp³-hybridized carbons (Fsp3) is 0.250. The quantitative estimate of drug-likeness (QED) is 0.668. The van der Waals surface area contributed by atoms with Gasteiger partial charge in [0.1, 0.15) is 4.21 Å². The molecule has 1 N–H and O–H groups in total. The van der Waals surface area contributed by atoms with Crippen molar-refractivity contribution in [3.63, 3.8) is 0 Å². The van der Waals surface area contributed by atoms with Gasteiger partial charge in [-0.3, -0.25) is 15.1 Å². The molecule has 2 aromatic heterocycles. The van der Waals surface area contributed by atoms with Gasteiger partial charge in [0, 0.05) is 18.5 Å². The van der Waals surface area contributed by atoms with E-state index in [1.54, 1.807) is 12.3 Å². The summed E-state index contributed by atoms with van der Waals surface area (Å²) in [4.78, 5) is 14.6. The van der Waals surface area contributed by atoms with Gasteiger partial charge < -0.3 is 5.32 Å². The Kier molecular flexibility index (Phi) is 4.24. The van der Waals surface area contributed by atoms with E-state index in [2.05, 4.69) is 10.3 Å². The zero-order valence-corrected chi connectivity index (χ0v) is 13.0. The third-order valence-electron chi connectivity index (χ3n) is 2.79. The number of nitro groups is 1. The van der Waals surface area contributed by atoms with Crippen molar-refractivity contribution in [3.8, 4) is 0 Å². The van der Waals surface area contributed by atoms with Crippen LogP contribution in [0, 0.1) is 17.0 Å². The lowest BCUT2D eigenvalue weighted by atomic mass is 10.2. The van der Waals surface area contributed by atoms with Gasteiger partial charge in [0.05, 0.1) is 17.2 Å². The fourth-order valence-corrected chi connectivity index (χ4v) is 3.61. The van der Waals surface area contributed by atoms with E-state index in [1.165, 1.54) is 0 Å². The summed E-state index contributed by atoms with van der Waals surface area (Å²) in [7, 11) is -3.47. The Morgan fingerprint density at radius 3 is 2.76 bits per heavy atom. The van der Waals surface area contributed by atoms with Gasteiger partial charge in [-0.05, 0) is 18.6 Å². The molecule has 0 saturated heterocycles. The number of thiophene rings is 1. The van der Waals surface area contributed by atoms with Gasteiger partial charge in [-0.15, -0.1) is 0 Å². The summed E-state index contributed by atoms with van der Waals surface area (Å²) in [6, 6.07) is 4.76. The Labute approximate surface area is 125 Å². The van der Waals surface area contributed by atoms with Crippen LogP contribution in [-0.4, -0.2) is 24.6 Å². The highest BCUT2D eigenvalue weighted by Gasteiger charge is 2.23. The minimum absolute atomic E-state index is 0.0329. The SMILES string of the molecule is Cc1cccnc1CNc1sc(S(C)(=O)=O)cc1[N+](=O)[O-]. The molecule has 7 nitrogen and oxygen atoms in total.